The predicted molar refractivity (Wildman–Crippen MR) is 107 cm³/mol. The Bertz CT molecular complexity index is 663. The van der Waals surface area contributed by atoms with Crippen LogP contribution in [-0.4, -0.2) is 48.0 Å². The number of hydrogen-bond donors (Lipinski definition) is 1. The number of carbonyl (C=O) groups excluding carboxylic acids is 1. The van der Waals surface area contributed by atoms with Crippen LogP contribution in [0.3, 0.4) is 0 Å². The van der Waals surface area contributed by atoms with E-state index in [-0.39, 0.29) is 17.1 Å². The molecule has 0 saturated carbocycles. The van der Waals surface area contributed by atoms with Gasteiger partial charge in [-0.1, -0.05) is 33.8 Å². The number of carbonyl (C=O) groups is 2. The fourth-order valence-electron chi connectivity index (χ4n) is 3.41. The van der Waals surface area contributed by atoms with Crippen LogP contribution in [0.25, 0.3) is 0 Å². The molecule has 5 heteroatoms. The van der Waals surface area contributed by atoms with E-state index in [0.29, 0.717) is 37.4 Å². The van der Waals surface area contributed by atoms with Gasteiger partial charge in [0.2, 0.25) is 0 Å². The summed E-state index contributed by atoms with van der Waals surface area (Å²) in [6.45, 7) is 11.0. The number of carboxylic acid groups (broad SMARTS) is 1. The van der Waals surface area contributed by atoms with Crippen molar-refractivity contribution in [3.05, 3.63) is 29.3 Å². The normalized spacial score (nSPS) is 18.3. The molecule has 1 unspecified atom stereocenters. The van der Waals surface area contributed by atoms with Gasteiger partial charge in [0.05, 0.1) is 18.1 Å². The quantitative estimate of drug-likeness (QED) is 0.692. The number of aliphatic carboxylic acids is 1. The number of benzene rings is 1. The van der Waals surface area contributed by atoms with Crippen LogP contribution in [0.4, 0.5) is 0 Å². The van der Waals surface area contributed by atoms with Crippen molar-refractivity contribution in [2.24, 2.45) is 5.92 Å². The van der Waals surface area contributed by atoms with Crippen LogP contribution < -0.4 is 4.74 Å². The van der Waals surface area contributed by atoms with Crippen molar-refractivity contribution < 1.29 is 19.4 Å². The smallest absolute Gasteiger partial charge is 0.307 e. The molecular formula is C22H33NO4. The van der Waals surface area contributed by atoms with E-state index in [1.165, 1.54) is 0 Å². The Morgan fingerprint density at radius 2 is 2.04 bits per heavy atom. The van der Waals surface area contributed by atoms with Crippen molar-refractivity contribution in [3.8, 4) is 5.75 Å². The van der Waals surface area contributed by atoms with Crippen LogP contribution in [0.2, 0.25) is 0 Å². The number of likely N-dealkylation sites (tertiary alicyclic amines) is 1. The van der Waals surface area contributed by atoms with Crippen molar-refractivity contribution in [1.82, 2.24) is 4.90 Å². The summed E-state index contributed by atoms with van der Waals surface area (Å²) in [4.78, 5) is 26.3. The molecule has 1 aliphatic heterocycles. The minimum absolute atomic E-state index is 0.0418. The first-order chi connectivity index (χ1) is 12.7. The summed E-state index contributed by atoms with van der Waals surface area (Å²) < 4.78 is 5.80. The molecule has 1 fully saturated rings. The lowest BCUT2D eigenvalue weighted by Gasteiger charge is -2.30. The molecule has 1 N–H and O–H groups in total. The van der Waals surface area contributed by atoms with Crippen molar-refractivity contribution in [1.29, 1.82) is 0 Å². The number of carboxylic acids is 1. The molecule has 1 saturated heterocycles. The molecule has 1 aromatic rings. The van der Waals surface area contributed by atoms with Gasteiger partial charge in [-0.15, -0.1) is 0 Å². The largest absolute Gasteiger partial charge is 0.493 e. The van der Waals surface area contributed by atoms with E-state index in [1.54, 1.807) is 0 Å². The van der Waals surface area contributed by atoms with Crippen molar-refractivity contribution >= 4 is 11.8 Å². The lowest BCUT2D eigenvalue weighted by atomic mass is 9.85. The van der Waals surface area contributed by atoms with Gasteiger partial charge in [-0.05, 0) is 48.9 Å². The van der Waals surface area contributed by atoms with Crippen molar-refractivity contribution in [3.63, 3.8) is 0 Å². The molecule has 0 bridgehead atoms. The molecule has 0 aromatic heterocycles. The van der Waals surface area contributed by atoms with Crippen LogP contribution in [0.15, 0.2) is 18.2 Å². The lowest BCUT2D eigenvalue weighted by molar-refractivity contribution is -0.143. The molecular weight excluding hydrogens is 342 g/mol. The summed E-state index contributed by atoms with van der Waals surface area (Å²) in [5, 5.41) is 9.23. The first kappa shape index (κ1) is 21.4. The molecule has 0 aliphatic carbocycles. The highest BCUT2D eigenvalue weighted by Crippen LogP contribution is 2.29. The molecule has 1 aliphatic rings. The number of nitrogens with zero attached hydrogens (tertiary/aromatic N) is 1. The summed E-state index contributed by atoms with van der Waals surface area (Å²) in [5.41, 5.74) is 1.71. The van der Waals surface area contributed by atoms with E-state index in [0.717, 1.165) is 31.4 Å². The average Bonchev–Trinajstić information content (AvgIpc) is 2.63. The van der Waals surface area contributed by atoms with Crippen LogP contribution in [0.5, 0.6) is 5.75 Å². The summed E-state index contributed by atoms with van der Waals surface area (Å²) in [6, 6.07) is 5.90. The third-order valence-electron chi connectivity index (χ3n) is 5.12. The standard InChI is InChI=1S/C22H33NO4/c1-5-13-27-20-9-8-17(22(2,3)4)14-18(20)19(24)10-12-23-11-6-7-16(15-23)21(25)26/h8-9,14,16H,5-7,10-13,15H2,1-4H3,(H,25,26). The van der Waals surface area contributed by atoms with Gasteiger partial charge in [-0.25, -0.2) is 0 Å². The highest BCUT2D eigenvalue weighted by atomic mass is 16.5. The molecule has 5 nitrogen and oxygen atoms in total. The zero-order valence-corrected chi connectivity index (χ0v) is 17.1. The number of Topliss-reactive ketones (excluding diaryl/α,β-unsaturated/α-hetero) is 1. The monoisotopic (exact) mass is 375 g/mol. The fourth-order valence-corrected chi connectivity index (χ4v) is 3.41. The molecule has 1 heterocycles. The molecule has 1 atom stereocenters. The molecule has 0 amide bonds. The Labute approximate surface area is 162 Å². The Kier molecular flexibility index (Phi) is 7.42. The molecule has 0 spiro atoms. The highest BCUT2D eigenvalue weighted by Gasteiger charge is 2.26. The van der Waals surface area contributed by atoms with Crippen molar-refractivity contribution in [2.45, 2.75) is 58.8 Å². The van der Waals surface area contributed by atoms with Gasteiger partial charge in [0.1, 0.15) is 5.75 Å². The van der Waals surface area contributed by atoms with Gasteiger partial charge >= 0.3 is 5.97 Å². The van der Waals surface area contributed by atoms with Gasteiger partial charge < -0.3 is 14.7 Å². The zero-order valence-electron chi connectivity index (χ0n) is 17.1. The molecule has 1 aromatic carbocycles. The second-order valence-electron chi connectivity index (χ2n) is 8.46. The SMILES string of the molecule is CCCOc1ccc(C(C)(C)C)cc1C(=O)CCN1CCCC(C(=O)O)C1. The third-order valence-corrected chi connectivity index (χ3v) is 5.12. The van der Waals surface area contributed by atoms with Crippen LogP contribution >= 0.6 is 0 Å². The number of rotatable bonds is 8. The van der Waals surface area contributed by atoms with Gasteiger partial charge in [0.25, 0.3) is 0 Å². The second kappa shape index (κ2) is 9.36. The van der Waals surface area contributed by atoms with Gasteiger partial charge in [0.15, 0.2) is 5.78 Å². The summed E-state index contributed by atoms with van der Waals surface area (Å²) >= 11 is 0. The van der Waals surface area contributed by atoms with Crippen LogP contribution in [0, 0.1) is 5.92 Å². The number of hydrogen-bond acceptors (Lipinski definition) is 4. The Morgan fingerprint density at radius 1 is 1.30 bits per heavy atom. The average molecular weight is 376 g/mol. The van der Waals surface area contributed by atoms with E-state index < -0.39 is 5.97 Å². The summed E-state index contributed by atoms with van der Waals surface area (Å²) in [7, 11) is 0. The maximum atomic E-state index is 12.9. The summed E-state index contributed by atoms with van der Waals surface area (Å²) in [6.07, 6.45) is 2.86. The fraction of sp³-hybridized carbons (Fsp3) is 0.636. The van der Waals surface area contributed by atoms with Gasteiger partial charge in [-0.2, -0.15) is 0 Å². The first-order valence-corrected chi connectivity index (χ1v) is 9.98. The first-order valence-electron chi connectivity index (χ1n) is 9.98. The van der Waals surface area contributed by atoms with E-state index >= 15 is 0 Å². The second-order valence-corrected chi connectivity index (χ2v) is 8.46. The van der Waals surface area contributed by atoms with E-state index in [9.17, 15) is 14.7 Å². The van der Waals surface area contributed by atoms with Crippen molar-refractivity contribution in [2.75, 3.05) is 26.2 Å². The van der Waals surface area contributed by atoms with E-state index in [1.807, 2.05) is 25.1 Å². The number of ketones is 1. The Hall–Kier alpha value is -1.88. The maximum absolute atomic E-state index is 12.9. The molecule has 27 heavy (non-hydrogen) atoms. The van der Waals surface area contributed by atoms with Crippen LogP contribution in [0.1, 0.15) is 69.3 Å². The van der Waals surface area contributed by atoms with Gasteiger partial charge in [-0.3, -0.25) is 9.59 Å². The third kappa shape index (κ3) is 6.06. The molecule has 0 radical (unpaired) electrons. The van der Waals surface area contributed by atoms with E-state index in [4.69, 9.17) is 4.74 Å². The van der Waals surface area contributed by atoms with Gasteiger partial charge in [0, 0.05) is 19.5 Å². The maximum Gasteiger partial charge on any atom is 0.307 e. The summed E-state index contributed by atoms with van der Waals surface area (Å²) in [5.74, 6) is -0.345. The predicted octanol–water partition coefficient (Wildman–Crippen LogP) is 4.14. The highest BCUT2D eigenvalue weighted by molar-refractivity contribution is 5.99. The number of ether oxygens (including phenoxy) is 1. The molecule has 150 valence electrons. The minimum Gasteiger partial charge on any atom is -0.493 e. The van der Waals surface area contributed by atoms with Crippen LogP contribution in [-0.2, 0) is 10.2 Å². The topological polar surface area (TPSA) is 66.8 Å². The lowest BCUT2D eigenvalue weighted by Crippen LogP contribution is -2.39. The minimum atomic E-state index is -0.737. The Morgan fingerprint density at radius 3 is 2.67 bits per heavy atom. The Balaban J connectivity index is 2.09. The zero-order chi connectivity index (χ0) is 20.0. The number of piperidine rings is 1. The molecule has 2 rings (SSSR count). The van der Waals surface area contributed by atoms with E-state index in [2.05, 4.69) is 25.7 Å².